The fourth-order valence-corrected chi connectivity index (χ4v) is 3.32. The molecule has 0 bridgehead atoms. The van der Waals surface area contributed by atoms with Gasteiger partial charge in [0.2, 0.25) is 0 Å². The summed E-state index contributed by atoms with van der Waals surface area (Å²) in [5, 5.41) is 3.60. The van der Waals surface area contributed by atoms with Gasteiger partial charge in [0.25, 0.3) is 0 Å². The van der Waals surface area contributed by atoms with Crippen molar-refractivity contribution in [3.8, 4) is 0 Å². The van der Waals surface area contributed by atoms with E-state index in [9.17, 15) is 0 Å². The Kier molecular flexibility index (Phi) is 6.98. The SMILES string of the molecule is C=CCN(CCNCCc1ccccc1C)C1CCCC1. The monoisotopic (exact) mass is 286 g/mol. The van der Waals surface area contributed by atoms with E-state index in [0.717, 1.165) is 38.6 Å². The normalized spacial score (nSPS) is 15.7. The van der Waals surface area contributed by atoms with Crippen LogP contribution in [0.4, 0.5) is 0 Å². The predicted molar refractivity (Wildman–Crippen MR) is 91.8 cm³/mol. The summed E-state index contributed by atoms with van der Waals surface area (Å²) in [6.45, 7) is 10.4. The van der Waals surface area contributed by atoms with Crippen molar-refractivity contribution < 1.29 is 0 Å². The Bertz CT molecular complexity index is 421. The Morgan fingerprint density at radius 3 is 2.71 bits per heavy atom. The van der Waals surface area contributed by atoms with Crippen molar-refractivity contribution in [3.05, 3.63) is 48.0 Å². The second-order valence-corrected chi connectivity index (χ2v) is 6.15. The minimum atomic E-state index is 0.793. The van der Waals surface area contributed by atoms with E-state index >= 15 is 0 Å². The first-order valence-corrected chi connectivity index (χ1v) is 8.41. The van der Waals surface area contributed by atoms with Crippen molar-refractivity contribution in [1.29, 1.82) is 0 Å². The number of hydrogen-bond acceptors (Lipinski definition) is 2. The summed E-state index contributed by atoms with van der Waals surface area (Å²) in [5.41, 5.74) is 2.86. The zero-order valence-corrected chi connectivity index (χ0v) is 13.5. The highest BCUT2D eigenvalue weighted by Gasteiger charge is 2.20. The van der Waals surface area contributed by atoms with E-state index in [4.69, 9.17) is 0 Å². The van der Waals surface area contributed by atoms with Gasteiger partial charge in [-0.05, 0) is 43.9 Å². The van der Waals surface area contributed by atoms with Gasteiger partial charge in [-0.3, -0.25) is 4.90 Å². The second kappa shape index (κ2) is 9.01. The first-order chi connectivity index (χ1) is 10.3. The van der Waals surface area contributed by atoms with Crippen LogP contribution in [0.3, 0.4) is 0 Å². The van der Waals surface area contributed by atoms with Crippen LogP contribution in [0, 0.1) is 6.92 Å². The van der Waals surface area contributed by atoms with Crippen molar-refractivity contribution in [2.45, 2.75) is 45.1 Å². The minimum Gasteiger partial charge on any atom is -0.315 e. The number of hydrogen-bond donors (Lipinski definition) is 1. The second-order valence-electron chi connectivity index (χ2n) is 6.15. The fourth-order valence-electron chi connectivity index (χ4n) is 3.32. The molecular weight excluding hydrogens is 256 g/mol. The van der Waals surface area contributed by atoms with E-state index in [2.05, 4.69) is 48.0 Å². The molecule has 21 heavy (non-hydrogen) atoms. The van der Waals surface area contributed by atoms with Crippen LogP contribution in [0.15, 0.2) is 36.9 Å². The largest absolute Gasteiger partial charge is 0.315 e. The van der Waals surface area contributed by atoms with Crippen LogP contribution in [-0.4, -0.2) is 37.1 Å². The highest BCUT2D eigenvalue weighted by Crippen LogP contribution is 2.22. The third-order valence-electron chi connectivity index (χ3n) is 4.61. The molecular formula is C19H30N2. The Labute approximate surface area is 130 Å². The van der Waals surface area contributed by atoms with Crippen LogP contribution in [0.2, 0.25) is 0 Å². The smallest absolute Gasteiger partial charge is 0.0164 e. The highest BCUT2D eigenvalue weighted by atomic mass is 15.2. The molecule has 1 N–H and O–H groups in total. The van der Waals surface area contributed by atoms with Gasteiger partial charge in [0.15, 0.2) is 0 Å². The molecule has 1 fully saturated rings. The molecule has 2 nitrogen and oxygen atoms in total. The lowest BCUT2D eigenvalue weighted by molar-refractivity contribution is 0.221. The molecule has 0 heterocycles. The summed E-state index contributed by atoms with van der Waals surface area (Å²) >= 11 is 0. The Hall–Kier alpha value is -1.12. The quantitative estimate of drug-likeness (QED) is 0.551. The molecule has 1 saturated carbocycles. The molecule has 1 aromatic carbocycles. The van der Waals surface area contributed by atoms with Gasteiger partial charge < -0.3 is 5.32 Å². The highest BCUT2D eigenvalue weighted by molar-refractivity contribution is 5.25. The van der Waals surface area contributed by atoms with Crippen LogP contribution in [0.25, 0.3) is 0 Å². The molecule has 1 aliphatic rings. The van der Waals surface area contributed by atoms with Crippen LogP contribution in [-0.2, 0) is 6.42 Å². The molecule has 0 atom stereocenters. The average molecular weight is 286 g/mol. The maximum atomic E-state index is 3.90. The summed E-state index contributed by atoms with van der Waals surface area (Å²) in [6.07, 6.45) is 8.72. The van der Waals surface area contributed by atoms with Gasteiger partial charge in [0.1, 0.15) is 0 Å². The van der Waals surface area contributed by atoms with Gasteiger partial charge in [0, 0.05) is 25.7 Å². The van der Waals surface area contributed by atoms with Crippen molar-refractivity contribution in [3.63, 3.8) is 0 Å². The number of nitrogens with one attached hydrogen (secondary N) is 1. The first kappa shape index (κ1) is 16.3. The zero-order chi connectivity index (χ0) is 14.9. The van der Waals surface area contributed by atoms with E-state index < -0.39 is 0 Å². The predicted octanol–water partition coefficient (Wildman–Crippen LogP) is 3.56. The number of benzene rings is 1. The summed E-state index contributed by atoms with van der Waals surface area (Å²) in [7, 11) is 0. The van der Waals surface area contributed by atoms with Crippen molar-refractivity contribution in [1.82, 2.24) is 10.2 Å². The van der Waals surface area contributed by atoms with Crippen LogP contribution >= 0.6 is 0 Å². The van der Waals surface area contributed by atoms with Crippen LogP contribution < -0.4 is 5.32 Å². The fraction of sp³-hybridized carbons (Fsp3) is 0.579. The van der Waals surface area contributed by atoms with Gasteiger partial charge >= 0.3 is 0 Å². The third kappa shape index (κ3) is 5.29. The van der Waals surface area contributed by atoms with E-state index in [1.54, 1.807) is 0 Å². The summed E-state index contributed by atoms with van der Waals surface area (Å²) < 4.78 is 0. The van der Waals surface area contributed by atoms with Crippen LogP contribution in [0.5, 0.6) is 0 Å². The molecule has 0 amide bonds. The zero-order valence-electron chi connectivity index (χ0n) is 13.5. The number of nitrogens with zero attached hydrogens (tertiary/aromatic N) is 1. The third-order valence-corrected chi connectivity index (χ3v) is 4.61. The molecule has 2 rings (SSSR count). The molecule has 1 aromatic rings. The summed E-state index contributed by atoms with van der Waals surface area (Å²) in [5.74, 6) is 0. The van der Waals surface area contributed by atoms with Gasteiger partial charge in [-0.25, -0.2) is 0 Å². The van der Waals surface area contributed by atoms with E-state index in [1.807, 2.05) is 6.08 Å². The average Bonchev–Trinajstić information content (AvgIpc) is 3.02. The Morgan fingerprint density at radius 2 is 2.00 bits per heavy atom. The minimum absolute atomic E-state index is 0.793. The topological polar surface area (TPSA) is 15.3 Å². The lowest BCUT2D eigenvalue weighted by Crippen LogP contribution is -2.39. The van der Waals surface area contributed by atoms with Gasteiger partial charge in [-0.2, -0.15) is 0 Å². The standard InChI is InChI=1S/C19H30N2/c1-3-15-21(19-10-6-7-11-19)16-14-20-13-12-18-9-5-4-8-17(18)2/h3-5,8-9,19-20H,1,6-7,10-16H2,2H3. The van der Waals surface area contributed by atoms with E-state index in [1.165, 1.54) is 36.8 Å². The van der Waals surface area contributed by atoms with Crippen LogP contribution in [0.1, 0.15) is 36.8 Å². The molecule has 0 spiro atoms. The molecule has 0 aromatic heterocycles. The van der Waals surface area contributed by atoms with Gasteiger partial charge in [-0.15, -0.1) is 6.58 Å². The molecule has 1 aliphatic carbocycles. The lowest BCUT2D eigenvalue weighted by atomic mass is 10.1. The molecule has 0 aliphatic heterocycles. The molecule has 2 heteroatoms. The number of rotatable bonds is 9. The maximum Gasteiger partial charge on any atom is 0.0164 e. The lowest BCUT2D eigenvalue weighted by Gasteiger charge is -2.27. The molecule has 116 valence electrons. The Balaban J connectivity index is 1.65. The van der Waals surface area contributed by atoms with Crippen molar-refractivity contribution in [2.75, 3.05) is 26.2 Å². The number of aryl methyl sites for hydroxylation is 1. The summed E-state index contributed by atoms with van der Waals surface area (Å²) in [6, 6.07) is 9.47. The van der Waals surface area contributed by atoms with Gasteiger partial charge in [0.05, 0.1) is 0 Å². The molecule has 0 unspecified atom stereocenters. The summed E-state index contributed by atoms with van der Waals surface area (Å²) in [4.78, 5) is 2.60. The maximum absolute atomic E-state index is 3.90. The van der Waals surface area contributed by atoms with E-state index in [-0.39, 0.29) is 0 Å². The Morgan fingerprint density at radius 1 is 1.24 bits per heavy atom. The van der Waals surface area contributed by atoms with Crippen molar-refractivity contribution >= 4 is 0 Å². The molecule has 0 radical (unpaired) electrons. The van der Waals surface area contributed by atoms with Gasteiger partial charge in [-0.1, -0.05) is 43.2 Å². The van der Waals surface area contributed by atoms with Crippen molar-refractivity contribution in [2.24, 2.45) is 0 Å². The molecule has 0 saturated heterocycles. The first-order valence-electron chi connectivity index (χ1n) is 8.41. The van der Waals surface area contributed by atoms with E-state index in [0.29, 0.717) is 0 Å².